The van der Waals surface area contributed by atoms with Crippen molar-refractivity contribution in [3.05, 3.63) is 69.5 Å². The third-order valence-corrected chi connectivity index (χ3v) is 5.13. The highest BCUT2D eigenvalue weighted by Crippen LogP contribution is 2.20. The molecule has 3 aromatic rings. The first-order valence-electron chi connectivity index (χ1n) is 9.61. The van der Waals surface area contributed by atoms with Crippen molar-refractivity contribution >= 4 is 11.0 Å². The van der Waals surface area contributed by atoms with Gasteiger partial charge in [0.25, 0.3) is 0 Å². The van der Waals surface area contributed by atoms with Crippen LogP contribution in [0, 0.1) is 6.92 Å². The minimum atomic E-state index is -0.148. The molecule has 1 aliphatic rings. The SMILES string of the molecule is Cc1ccc2c(c1)CN(CCCCOc1ccc3ccc(=O)[nH]c3n1)CC2.[HH]. The van der Waals surface area contributed by atoms with Gasteiger partial charge in [-0.2, -0.15) is 4.98 Å². The molecule has 27 heavy (non-hydrogen) atoms. The van der Waals surface area contributed by atoms with Gasteiger partial charge in [0.05, 0.1) is 6.61 Å². The molecule has 0 atom stereocenters. The van der Waals surface area contributed by atoms with Crippen molar-refractivity contribution in [2.45, 2.75) is 32.7 Å². The molecule has 5 nitrogen and oxygen atoms in total. The molecule has 5 heteroatoms. The summed E-state index contributed by atoms with van der Waals surface area (Å²) in [6.07, 6.45) is 3.24. The summed E-state index contributed by atoms with van der Waals surface area (Å²) in [4.78, 5) is 21.0. The number of hydrogen-bond donors (Lipinski definition) is 1. The molecule has 1 aromatic carbocycles. The van der Waals surface area contributed by atoms with E-state index in [-0.39, 0.29) is 6.99 Å². The number of nitrogens with zero attached hydrogens (tertiary/aromatic N) is 2. The molecule has 0 fully saturated rings. The number of nitrogens with one attached hydrogen (secondary N) is 1. The van der Waals surface area contributed by atoms with E-state index in [0.29, 0.717) is 18.1 Å². The van der Waals surface area contributed by atoms with Gasteiger partial charge in [0.1, 0.15) is 5.65 Å². The summed E-state index contributed by atoms with van der Waals surface area (Å²) >= 11 is 0. The second-order valence-electron chi connectivity index (χ2n) is 7.26. The van der Waals surface area contributed by atoms with E-state index in [9.17, 15) is 4.79 Å². The van der Waals surface area contributed by atoms with Crippen LogP contribution in [0.25, 0.3) is 11.0 Å². The molecule has 0 aliphatic carbocycles. The van der Waals surface area contributed by atoms with Gasteiger partial charge in [-0.05, 0) is 56.0 Å². The van der Waals surface area contributed by atoms with Crippen molar-refractivity contribution in [1.82, 2.24) is 14.9 Å². The summed E-state index contributed by atoms with van der Waals surface area (Å²) in [5, 5.41) is 0.905. The van der Waals surface area contributed by atoms with Gasteiger partial charge in [-0.1, -0.05) is 23.8 Å². The van der Waals surface area contributed by atoms with Crippen LogP contribution in [-0.2, 0) is 13.0 Å². The van der Waals surface area contributed by atoms with Gasteiger partial charge in [0, 0.05) is 32.0 Å². The van der Waals surface area contributed by atoms with E-state index in [1.165, 1.54) is 22.8 Å². The molecule has 0 unspecified atom stereocenters. The van der Waals surface area contributed by atoms with Crippen LogP contribution in [0.15, 0.2) is 47.3 Å². The van der Waals surface area contributed by atoms with Crippen molar-refractivity contribution < 1.29 is 6.16 Å². The lowest BCUT2D eigenvalue weighted by Crippen LogP contribution is -2.31. The quantitative estimate of drug-likeness (QED) is 0.677. The fourth-order valence-electron chi connectivity index (χ4n) is 3.64. The van der Waals surface area contributed by atoms with Gasteiger partial charge < -0.3 is 9.72 Å². The highest BCUT2D eigenvalue weighted by Gasteiger charge is 2.15. The lowest BCUT2D eigenvalue weighted by molar-refractivity contribution is 0.233. The van der Waals surface area contributed by atoms with E-state index in [0.717, 1.165) is 44.3 Å². The highest BCUT2D eigenvalue weighted by atomic mass is 16.5. The Hall–Kier alpha value is -2.66. The van der Waals surface area contributed by atoms with E-state index < -0.39 is 0 Å². The number of aryl methyl sites for hydroxylation is 1. The monoisotopic (exact) mass is 365 g/mol. The number of unbranched alkanes of at least 4 members (excludes halogenated alkanes) is 1. The van der Waals surface area contributed by atoms with Crippen LogP contribution >= 0.6 is 0 Å². The van der Waals surface area contributed by atoms with Crippen molar-refractivity contribution in [3.63, 3.8) is 0 Å². The Morgan fingerprint density at radius 1 is 1.15 bits per heavy atom. The molecular formula is C22H27N3O2. The molecule has 1 N–H and O–H groups in total. The first-order valence-corrected chi connectivity index (χ1v) is 9.61. The first kappa shape index (κ1) is 17.7. The Morgan fingerprint density at radius 2 is 2.04 bits per heavy atom. The van der Waals surface area contributed by atoms with Crippen LogP contribution in [0.5, 0.6) is 5.88 Å². The van der Waals surface area contributed by atoms with Gasteiger partial charge in [-0.3, -0.25) is 9.69 Å². The summed E-state index contributed by atoms with van der Waals surface area (Å²) < 4.78 is 5.76. The maximum absolute atomic E-state index is 11.4. The predicted octanol–water partition coefficient (Wildman–Crippen LogP) is 3.69. The fraction of sp³-hybridized carbons (Fsp3) is 0.364. The molecule has 2 aromatic heterocycles. The maximum Gasteiger partial charge on any atom is 0.249 e. The normalized spacial score (nSPS) is 14.3. The topological polar surface area (TPSA) is 58.2 Å². The van der Waals surface area contributed by atoms with Crippen molar-refractivity contribution in [1.29, 1.82) is 0 Å². The summed E-state index contributed by atoms with van der Waals surface area (Å²) in [5.41, 5.74) is 4.74. The molecule has 0 amide bonds. The van der Waals surface area contributed by atoms with Gasteiger partial charge in [-0.25, -0.2) is 0 Å². The number of aromatic nitrogens is 2. The summed E-state index contributed by atoms with van der Waals surface area (Å²) in [7, 11) is 0. The number of rotatable bonds is 6. The average molecular weight is 365 g/mol. The zero-order valence-corrected chi connectivity index (χ0v) is 15.7. The minimum absolute atomic E-state index is 0. The second kappa shape index (κ2) is 7.92. The molecule has 3 heterocycles. The van der Waals surface area contributed by atoms with Crippen LogP contribution in [0.1, 0.15) is 31.0 Å². The van der Waals surface area contributed by atoms with E-state index in [4.69, 9.17) is 4.74 Å². The minimum Gasteiger partial charge on any atom is -0.478 e. The van der Waals surface area contributed by atoms with Crippen molar-refractivity contribution in [3.8, 4) is 5.88 Å². The number of ether oxygens (including phenoxy) is 1. The number of pyridine rings is 2. The second-order valence-corrected chi connectivity index (χ2v) is 7.26. The Labute approximate surface area is 160 Å². The molecule has 1 aliphatic heterocycles. The molecule has 0 saturated heterocycles. The predicted molar refractivity (Wildman–Crippen MR) is 109 cm³/mol. The van der Waals surface area contributed by atoms with Gasteiger partial charge >= 0.3 is 0 Å². The standard InChI is InChI=1S/C22H25N3O2.H2/c1-16-4-5-17-10-12-25(15-19(17)14-16)11-2-3-13-27-21-9-7-18-6-8-20(26)23-22(18)24-21;/h4-9,14H,2-3,10-13,15H2,1H3,(H,23,24,26);1H. The molecular weight excluding hydrogens is 338 g/mol. The summed E-state index contributed by atoms with van der Waals surface area (Å²) in [6.45, 7) is 6.08. The molecule has 4 rings (SSSR count). The van der Waals surface area contributed by atoms with Crippen LogP contribution in [0.3, 0.4) is 0 Å². The lowest BCUT2D eigenvalue weighted by Gasteiger charge is -2.29. The van der Waals surface area contributed by atoms with Crippen LogP contribution in [0.2, 0.25) is 0 Å². The van der Waals surface area contributed by atoms with Crippen LogP contribution in [-0.4, -0.2) is 34.6 Å². The third kappa shape index (κ3) is 4.37. The number of hydrogen-bond acceptors (Lipinski definition) is 4. The third-order valence-electron chi connectivity index (χ3n) is 5.13. The van der Waals surface area contributed by atoms with Crippen molar-refractivity contribution in [2.75, 3.05) is 19.7 Å². The largest absolute Gasteiger partial charge is 0.478 e. The van der Waals surface area contributed by atoms with E-state index in [2.05, 4.69) is 40.0 Å². The van der Waals surface area contributed by atoms with Crippen molar-refractivity contribution in [2.24, 2.45) is 0 Å². The van der Waals surface area contributed by atoms with Gasteiger partial charge in [0.2, 0.25) is 11.4 Å². The molecule has 142 valence electrons. The fourth-order valence-corrected chi connectivity index (χ4v) is 3.64. The summed E-state index contributed by atoms with van der Waals surface area (Å²) in [5.74, 6) is 0.562. The average Bonchev–Trinajstić information content (AvgIpc) is 2.67. The molecule has 0 spiro atoms. The number of benzene rings is 1. The van der Waals surface area contributed by atoms with Gasteiger partial charge in [-0.15, -0.1) is 0 Å². The number of fused-ring (bicyclic) bond motifs is 2. The number of H-pyrrole nitrogens is 1. The van der Waals surface area contributed by atoms with Crippen LogP contribution in [0.4, 0.5) is 0 Å². The van der Waals surface area contributed by atoms with E-state index in [1.54, 1.807) is 6.07 Å². The Kier molecular flexibility index (Phi) is 5.21. The zero-order chi connectivity index (χ0) is 18.6. The molecule has 0 bridgehead atoms. The Balaban J connectivity index is 0.00000225. The van der Waals surface area contributed by atoms with Crippen LogP contribution < -0.4 is 10.3 Å². The van der Waals surface area contributed by atoms with E-state index in [1.807, 2.05) is 12.1 Å². The molecule has 0 radical (unpaired) electrons. The smallest absolute Gasteiger partial charge is 0.249 e. The highest BCUT2D eigenvalue weighted by molar-refractivity contribution is 5.74. The number of aromatic amines is 1. The maximum atomic E-state index is 11.4. The van der Waals surface area contributed by atoms with Gasteiger partial charge in [0.15, 0.2) is 0 Å². The first-order chi connectivity index (χ1) is 13.2. The lowest BCUT2D eigenvalue weighted by atomic mass is 9.97. The Bertz CT molecular complexity index is 1000. The van der Waals surface area contributed by atoms with E-state index >= 15 is 0 Å². The Morgan fingerprint density at radius 3 is 2.96 bits per heavy atom. The summed E-state index contributed by atoms with van der Waals surface area (Å²) in [6, 6.07) is 13.8. The molecule has 0 saturated carbocycles. The zero-order valence-electron chi connectivity index (χ0n) is 15.7.